The molecule has 0 bridgehead atoms. The molecule has 38 heavy (non-hydrogen) atoms. The zero-order valence-corrected chi connectivity index (χ0v) is 23.3. The zero-order chi connectivity index (χ0) is 27.4. The van der Waals surface area contributed by atoms with Crippen molar-refractivity contribution in [2.45, 2.75) is 84.1 Å². The molecule has 0 heterocycles. The highest BCUT2D eigenvalue weighted by Crippen LogP contribution is 2.29. The lowest BCUT2D eigenvalue weighted by Gasteiger charge is -2.29. The van der Waals surface area contributed by atoms with Gasteiger partial charge in [-0.3, -0.25) is 0 Å². The van der Waals surface area contributed by atoms with Crippen LogP contribution >= 0.6 is 0 Å². The Bertz CT molecular complexity index is 1020. The van der Waals surface area contributed by atoms with Gasteiger partial charge in [-0.2, -0.15) is 0 Å². The predicted molar refractivity (Wildman–Crippen MR) is 148 cm³/mol. The zero-order valence-electron chi connectivity index (χ0n) is 23.3. The van der Waals surface area contributed by atoms with Gasteiger partial charge in [-0.15, -0.1) is 0 Å². The minimum Gasteiger partial charge on any atom is -0.493 e. The number of nitrogens with one attached hydrogen (secondary N) is 2. The van der Waals surface area contributed by atoms with E-state index in [-0.39, 0.29) is 12.1 Å². The second-order valence-corrected chi connectivity index (χ2v) is 10.7. The van der Waals surface area contributed by atoms with E-state index in [0.29, 0.717) is 44.2 Å². The Morgan fingerprint density at radius 2 is 1.71 bits per heavy atom. The second-order valence-electron chi connectivity index (χ2n) is 10.7. The number of urea groups is 1. The van der Waals surface area contributed by atoms with Crippen molar-refractivity contribution in [1.82, 2.24) is 15.5 Å². The summed E-state index contributed by atoms with van der Waals surface area (Å²) < 4.78 is 16.9. The van der Waals surface area contributed by atoms with E-state index in [1.165, 1.54) is 6.42 Å². The maximum absolute atomic E-state index is 13.3. The molecule has 0 unspecified atom stereocenters. The molecular weight excluding hydrogens is 482 g/mol. The Kier molecular flexibility index (Phi) is 11.1. The van der Waals surface area contributed by atoms with Crippen LogP contribution in [0, 0.1) is 0 Å². The summed E-state index contributed by atoms with van der Waals surface area (Å²) in [6, 6.07) is 15.9. The molecule has 0 atom stereocenters. The fraction of sp³-hybridized carbons (Fsp3) is 0.533. The van der Waals surface area contributed by atoms with Crippen LogP contribution in [-0.2, 0) is 17.9 Å². The van der Waals surface area contributed by atoms with Gasteiger partial charge in [0, 0.05) is 25.7 Å². The molecule has 1 aliphatic rings. The number of carbonyl (C=O) groups excluding carboxylic acids is 2. The van der Waals surface area contributed by atoms with Crippen LogP contribution in [0.2, 0.25) is 0 Å². The van der Waals surface area contributed by atoms with Gasteiger partial charge in [-0.05, 0) is 63.3 Å². The van der Waals surface area contributed by atoms with Crippen LogP contribution in [0.3, 0.4) is 0 Å². The molecule has 1 aliphatic carbocycles. The van der Waals surface area contributed by atoms with Gasteiger partial charge >= 0.3 is 12.1 Å². The second kappa shape index (κ2) is 14.5. The number of amides is 3. The van der Waals surface area contributed by atoms with E-state index in [4.69, 9.17) is 14.2 Å². The van der Waals surface area contributed by atoms with Crippen LogP contribution in [0.1, 0.15) is 70.4 Å². The lowest BCUT2D eigenvalue weighted by atomic mass is 9.96. The van der Waals surface area contributed by atoms with Crippen molar-refractivity contribution in [2.75, 3.05) is 20.2 Å². The summed E-state index contributed by atoms with van der Waals surface area (Å²) in [5, 5.41) is 5.99. The first-order valence-electron chi connectivity index (χ1n) is 13.6. The molecule has 3 amide bonds. The Hall–Kier alpha value is -3.42. The summed E-state index contributed by atoms with van der Waals surface area (Å²) >= 11 is 0. The molecule has 3 rings (SSSR count). The van der Waals surface area contributed by atoms with Gasteiger partial charge in [-0.25, -0.2) is 9.59 Å². The van der Waals surface area contributed by atoms with Crippen molar-refractivity contribution in [1.29, 1.82) is 0 Å². The van der Waals surface area contributed by atoms with Gasteiger partial charge in [0.2, 0.25) is 0 Å². The molecule has 0 aliphatic heterocycles. The van der Waals surface area contributed by atoms with E-state index in [1.54, 1.807) is 12.0 Å². The molecule has 0 aromatic heterocycles. The highest BCUT2D eigenvalue weighted by molar-refractivity contribution is 5.74. The van der Waals surface area contributed by atoms with Crippen molar-refractivity contribution in [3.8, 4) is 11.5 Å². The number of hydrogen-bond donors (Lipinski definition) is 2. The van der Waals surface area contributed by atoms with E-state index < -0.39 is 11.7 Å². The average molecular weight is 526 g/mol. The lowest BCUT2D eigenvalue weighted by Crippen LogP contribution is -2.46. The summed E-state index contributed by atoms with van der Waals surface area (Å²) in [7, 11) is 1.62. The number of rotatable bonds is 11. The molecule has 2 aromatic rings. The Morgan fingerprint density at radius 1 is 0.974 bits per heavy atom. The SMILES string of the molecule is COc1cc(CN(CCCNC(=O)OC(C)(C)C)C(=O)NC2CCCCC2)ccc1OCc1ccccc1. The molecule has 1 fully saturated rings. The van der Waals surface area contributed by atoms with Crippen molar-refractivity contribution in [3.63, 3.8) is 0 Å². The minimum atomic E-state index is -0.550. The van der Waals surface area contributed by atoms with Crippen LogP contribution < -0.4 is 20.1 Å². The minimum absolute atomic E-state index is 0.0856. The van der Waals surface area contributed by atoms with E-state index in [0.717, 1.165) is 36.8 Å². The first kappa shape index (κ1) is 29.1. The predicted octanol–water partition coefficient (Wildman–Crippen LogP) is 6.03. The van der Waals surface area contributed by atoms with Crippen molar-refractivity contribution >= 4 is 12.1 Å². The van der Waals surface area contributed by atoms with Crippen LogP contribution in [0.5, 0.6) is 11.5 Å². The number of alkyl carbamates (subject to hydrolysis) is 1. The van der Waals surface area contributed by atoms with Crippen molar-refractivity contribution < 1.29 is 23.8 Å². The molecule has 8 heteroatoms. The monoisotopic (exact) mass is 525 g/mol. The lowest BCUT2D eigenvalue weighted by molar-refractivity contribution is 0.0526. The molecule has 208 valence electrons. The van der Waals surface area contributed by atoms with Crippen LogP contribution in [0.25, 0.3) is 0 Å². The highest BCUT2D eigenvalue weighted by atomic mass is 16.6. The molecule has 8 nitrogen and oxygen atoms in total. The number of benzene rings is 2. The van der Waals surface area contributed by atoms with Gasteiger partial charge in [0.25, 0.3) is 0 Å². The van der Waals surface area contributed by atoms with E-state index >= 15 is 0 Å². The van der Waals surface area contributed by atoms with Crippen molar-refractivity contribution in [2.24, 2.45) is 0 Å². The Morgan fingerprint density at radius 3 is 2.39 bits per heavy atom. The fourth-order valence-electron chi connectivity index (χ4n) is 4.43. The van der Waals surface area contributed by atoms with Crippen LogP contribution in [-0.4, -0.2) is 48.9 Å². The molecule has 0 radical (unpaired) electrons. The quantitative estimate of drug-likeness (QED) is 0.350. The molecular formula is C30H43N3O5. The number of ether oxygens (including phenoxy) is 3. The first-order valence-corrected chi connectivity index (χ1v) is 13.6. The molecule has 1 saturated carbocycles. The summed E-state index contributed by atoms with van der Waals surface area (Å²) in [5.41, 5.74) is 1.46. The molecule has 0 spiro atoms. The van der Waals surface area contributed by atoms with Crippen molar-refractivity contribution in [3.05, 3.63) is 59.7 Å². The summed E-state index contributed by atoms with van der Waals surface area (Å²) in [6.45, 7) is 7.25. The summed E-state index contributed by atoms with van der Waals surface area (Å²) in [4.78, 5) is 27.0. The van der Waals surface area contributed by atoms with Crippen LogP contribution in [0.4, 0.5) is 9.59 Å². The third-order valence-corrected chi connectivity index (χ3v) is 6.33. The maximum Gasteiger partial charge on any atom is 0.407 e. The first-order chi connectivity index (χ1) is 18.2. The van der Waals surface area contributed by atoms with Gasteiger partial charge in [-0.1, -0.05) is 55.7 Å². The smallest absolute Gasteiger partial charge is 0.407 e. The molecule has 2 N–H and O–H groups in total. The van der Waals surface area contributed by atoms with E-state index in [9.17, 15) is 9.59 Å². The van der Waals surface area contributed by atoms with Crippen LogP contribution in [0.15, 0.2) is 48.5 Å². The molecule has 0 saturated heterocycles. The van der Waals surface area contributed by atoms with Gasteiger partial charge in [0.05, 0.1) is 7.11 Å². The standard InChI is InChI=1S/C30H43N3O5/c1-30(2,3)38-29(35)31-18-11-19-33(28(34)32-25-14-9-6-10-15-25)21-24-16-17-26(27(20-24)36-4)37-22-23-12-7-5-8-13-23/h5,7-8,12-13,16-17,20,25H,6,9-11,14-15,18-19,21-22H2,1-4H3,(H,31,35)(H,32,34). The van der Waals surface area contributed by atoms with Gasteiger partial charge < -0.3 is 29.7 Å². The average Bonchev–Trinajstić information content (AvgIpc) is 2.89. The van der Waals surface area contributed by atoms with E-state index in [1.807, 2.05) is 69.3 Å². The number of methoxy groups -OCH3 is 1. The topological polar surface area (TPSA) is 89.1 Å². The normalized spacial score (nSPS) is 13.9. The summed E-state index contributed by atoms with van der Waals surface area (Å²) in [6.07, 6.45) is 5.70. The van der Waals surface area contributed by atoms with E-state index in [2.05, 4.69) is 10.6 Å². The maximum atomic E-state index is 13.3. The van der Waals surface area contributed by atoms with Gasteiger partial charge in [0.15, 0.2) is 11.5 Å². The fourth-order valence-corrected chi connectivity index (χ4v) is 4.43. The number of nitrogens with zero attached hydrogens (tertiary/aromatic N) is 1. The largest absolute Gasteiger partial charge is 0.493 e. The number of carbonyl (C=O) groups is 2. The summed E-state index contributed by atoms with van der Waals surface area (Å²) in [5.74, 6) is 1.28. The van der Waals surface area contributed by atoms with Gasteiger partial charge in [0.1, 0.15) is 12.2 Å². The third kappa shape index (κ3) is 10.1. The Labute approximate surface area is 227 Å². The highest BCUT2D eigenvalue weighted by Gasteiger charge is 2.21. The Balaban J connectivity index is 1.62. The third-order valence-electron chi connectivity index (χ3n) is 6.33. The number of hydrogen-bond acceptors (Lipinski definition) is 5. The molecule has 2 aromatic carbocycles.